The molecular weight excluding hydrogens is 809 g/mol. The summed E-state index contributed by atoms with van der Waals surface area (Å²) in [4.78, 5) is 2.49. The third kappa shape index (κ3) is 5.39. The largest absolute Gasteiger partial charge is 0.310 e. The molecule has 1 atom stereocenters. The SMILES string of the molecule is c1ccc(-c2ccc(N(c3ccc4c(c3)C3(c5ccccc5-4)c4ccccc4-n4c5ccccc5c5cccc3c54)c3ccccc3-c3ccccc3-c3cccc4ccccc34)cc2)cc1. The van der Waals surface area contributed by atoms with Crippen molar-refractivity contribution < 1.29 is 0 Å². The van der Waals surface area contributed by atoms with Gasteiger partial charge in [0.05, 0.1) is 27.8 Å². The van der Waals surface area contributed by atoms with E-state index >= 15 is 0 Å². The van der Waals surface area contributed by atoms with Crippen molar-refractivity contribution in [3.63, 3.8) is 0 Å². The van der Waals surface area contributed by atoms with Crippen LogP contribution >= 0.6 is 0 Å². The van der Waals surface area contributed by atoms with E-state index < -0.39 is 5.41 Å². The summed E-state index contributed by atoms with van der Waals surface area (Å²) in [5.41, 5.74) is 21.4. The van der Waals surface area contributed by atoms with E-state index in [1.165, 1.54) is 99.5 Å². The Morgan fingerprint density at radius 1 is 0.313 bits per heavy atom. The summed E-state index contributed by atoms with van der Waals surface area (Å²) in [6, 6.07) is 94.5. The Balaban J connectivity index is 1.04. The molecule has 2 heterocycles. The molecule has 12 aromatic rings. The van der Waals surface area contributed by atoms with Crippen molar-refractivity contribution in [1.29, 1.82) is 0 Å². The van der Waals surface area contributed by atoms with Crippen molar-refractivity contribution in [2.24, 2.45) is 0 Å². The zero-order valence-electron chi connectivity index (χ0n) is 36.6. The lowest BCUT2D eigenvalue weighted by atomic mass is 9.65. The standard InChI is InChI=1S/C65H42N2/c1-2-18-43(19-3-1)44-36-38-46(39-37-44)66(61-33-13-9-26-54(61)51-24-7-6-23-50(51)49-28-16-21-45-20-4-5-22-48(45)49)47-40-41-53-52-25-8-11-30-57(52)65(60(53)42-47)58-31-12-15-35-63(58)67-62-34-14-10-27-55(62)56-29-17-32-59(65)64(56)67/h1-42H. The number of anilines is 3. The maximum atomic E-state index is 2.52. The molecule has 2 aliphatic rings. The van der Waals surface area contributed by atoms with Crippen LogP contribution in [0.2, 0.25) is 0 Å². The first-order valence-corrected chi connectivity index (χ1v) is 23.3. The molecule has 1 unspecified atom stereocenters. The van der Waals surface area contributed by atoms with Crippen LogP contribution in [-0.2, 0) is 5.41 Å². The highest BCUT2D eigenvalue weighted by molar-refractivity contribution is 6.13. The average molecular weight is 851 g/mol. The van der Waals surface area contributed by atoms with Gasteiger partial charge in [-0.2, -0.15) is 0 Å². The first-order chi connectivity index (χ1) is 33.3. The number of aromatic nitrogens is 1. The molecule has 0 N–H and O–H groups in total. The van der Waals surface area contributed by atoms with E-state index in [4.69, 9.17) is 0 Å². The van der Waals surface area contributed by atoms with Gasteiger partial charge in [-0.25, -0.2) is 0 Å². The van der Waals surface area contributed by atoms with E-state index in [-0.39, 0.29) is 0 Å². The number of nitrogens with zero attached hydrogens (tertiary/aromatic N) is 2. The molecule has 1 aliphatic heterocycles. The lowest BCUT2D eigenvalue weighted by molar-refractivity contribution is 0.748. The summed E-state index contributed by atoms with van der Waals surface area (Å²) in [6.45, 7) is 0. The molecule has 67 heavy (non-hydrogen) atoms. The molecule has 0 bridgehead atoms. The smallest absolute Gasteiger partial charge is 0.0755 e. The van der Waals surface area contributed by atoms with Gasteiger partial charge in [-0.3, -0.25) is 0 Å². The van der Waals surface area contributed by atoms with E-state index in [9.17, 15) is 0 Å². The van der Waals surface area contributed by atoms with E-state index in [0.29, 0.717) is 0 Å². The Bertz CT molecular complexity index is 3930. The monoisotopic (exact) mass is 850 g/mol. The molecule has 11 aromatic carbocycles. The maximum Gasteiger partial charge on any atom is 0.0755 e. The van der Waals surface area contributed by atoms with Crippen molar-refractivity contribution in [2.45, 2.75) is 5.41 Å². The van der Waals surface area contributed by atoms with E-state index in [0.717, 1.165) is 22.6 Å². The van der Waals surface area contributed by atoms with E-state index in [1.54, 1.807) is 0 Å². The fourth-order valence-electron chi connectivity index (χ4n) is 11.9. The minimum atomic E-state index is -0.578. The summed E-state index contributed by atoms with van der Waals surface area (Å²) >= 11 is 0. The Labute approximate surface area is 389 Å². The predicted octanol–water partition coefficient (Wildman–Crippen LogP) is 17.1. The van der Waals surface area contributed by atoms with Gasteiger partial charge in [0.15, 0.2) is 0 Å². The molecule has 1 aliphatic carbocycles. The van der Waals surface area contributed by atoms with Crippen LogP contribution in [0.5, 0.6) is 0 Å². The van der Waals surface area contributed by atoms with Gasteiger partial charge in [-0.15, -0.1) is 0 Å². The van der Waals surface area contributed by atoms with Gasteiger partial charge < -0.3 is 9.47 Å². The molecule has 1 aromatic heterocycles. The van der Waals surface area contributed by atoms with Crippen LogP contribution < -0.4 is 4.90 Å². The van der Waals surface area contributed by atoms with Crippen LogP contribution in [0.15, 0.2) is 255 Å². The number of benzene rings is 11. The Hall–Kier alpha value is -8.72. The molecule has 14 rings (SSSR count). The molecular formula is C65H42N2. The second-order valence-electron chi connectivity index (χ2n) is 17.9. The minimum absolute atomic E-state index is 0.578. The summed E-state index contributed by atoms with van der Waals surface area (Å²) < 4.78 is 2.52. The third-order valence-electron chi connectivity index (χ3n) is 14.6. The first-order valence-electron chi connectivity index (χ1n) is 23.3. The van der Waals surface area contributed by atoms with Gasteiger partial charge >= 0.3 is 0 Å². The molecule has 2 heteroatoms. The van der Waals surface area contributed by atoms with E-state index in [1.807, 2.05) is 0 Å². The summed E-state index contributed by atoms with van der Waals surface area (Å²) in [5.74, 6) is 0. The van der Waals surface area contributed by atoms with Crippen molar-refractivity contribution in [3.8, 4) is 50.2 Å². The first kappa shape index (κ1) is 37.6. The van der Waals surface area contributed by atoms with Crippen LogP contribution in [0.3, 0.4) is 0 Å². The normalized spacial score (nSPS) is 14.3. The minimum Gasteiger partial charge on any atom is -0.310 e. The van der Waals surface area contributed by atoms with Gasteiger partial charge in [0, 0.05) is 27.7 Å². The Kier molecular flexibility index (Phi) is 8.23. The lowest BCUT2D eigenvalue weighted by Crippen LogP contribution is -2.33. The van der Waals surface area contributed by atoms with Gasteiger partial charge in [0.25, 0.3) is 0 Å². The highest BCUT2D eigenvalue weighted by Crippen LogP contribution is 2.62. The van der Waals surface area contributed by atoms with Gasteiger partial charge in [-0.05, 0) is 114 Å². The highest BCUT2D eigenvalue weighted by atomic mass is 15.1. The molecule has 0 radical (unpaired) electrons. The second kappa shape index (κ2) is 14.7. The topological polar surface area (TPSA) is 8.17 Å². The Morgan fingerprint density at radius 3 is 1.72 bits per heavy atom. The lowest BCUT2D eigenvalue weighted by Gasteiger charge is -2.40. The zero-order chi connectivity index (χ0) is 44.1. The van der Waals surface area contributed by atoms with Gasteiger partial charge in [-0.1, -0.05) is 212 Å². The molecule has 1 spiro atoms. The molecule has 312 valence electrons. The molecule has 0 saturated carbocycles. The maximum absolute atomic E-state index is 2.52. The van der Waals surface area contributed by atoms with Crippen LogP contribution in [0.1, 0.15) is 22.3 Å². The summed E-state index contributed by atoms with van der Waals surface area (Å²) in [6.07, 6.45) is 0. The van der Waals surface area contributed by atoms with Gasteiger partial charge in [0.2, 0.25) is 0 Å². The van der Waals surface area contributed by atoms with Crippen molar-refractivity contribution in [3.05, 3.63) is 277 Å². The van der Waals surface area contributed by atoms with Crippen LogP contribution in [0.25, 0.3) is 82.8 Å². The van der Waals surface area contributed by atoms with Crippen LogP contribution in [0.4, 0.5) is 17.1 Å². The second-order valence-corrected chi connectivity index (χ2v) is 17.9. The summed E-state index contributed by atoms with van der Waals surface area (Å²) in [7, 11) is 0. The third-order valence-corrected chi connectivity index (χ3v) is 14.6. The number of para-hydroxylation sites is 4. The van der Waals surface area contributed by atoms with E-state index in [2.05, 4.69) is 264 Å². The Morgan fingerprint density at radius 2 is 0.866 bits per heavy atom. The number of hydrogen-bond acceptors (Lipinski definition) is 1. The molecule has 0 fully saturated rings. The van der Waals surface area contributed by atoms with Crippen LogP contribution in [-0.4, -0.2) is 4.57 Å². The molecule has 0 saturated heterocycles. The predicted molar refractivity (Wildman–Crippen MR) is 280 cm³/mol. The average Bonchev–Trinajstić information content (AvgIpc) is 3.89. The number of fused-ring (bicyclic) bond motifs is 13. The zero-order valence-corrected chi connectivity index (χ0v) is 36.6. The van der Waals surface area contributed by atoms with Crippen LogP contribution in [0, 0.1) is 0 Å². The number of hydrogen-bond donors (Lipinski definition) is 0. The number of rotatable bonds is 6. The van der Waals surface area contributed by atoms with Crippen molar-refractivity contribution in [1.82, 2.24) is 4.57 Å². The van der Waals surface area contributed by atoms with Gasteiger partial charge in [0.1, 0.15) is 0 Å². The fraction of sp³-hybridized carbons (Fsp3) is 0.0154. The highest BCUT2D eigenvalue weighted by Gasteiger charge is 2.51. The quantitative estimate of drug-likeness (QED) is 0.162. The molecule has 0 amide bonds. The van der Waals surface area contributed by atoms with Crippen molar-refractivity contribution in [2.75, 3.05) is 4.90 Å². The van der Waals surface area contributed by atoms with Crippen molar-refractivity contribution >= 4 is 49.6 Å². The summed E-state index contributed by atoms with van der Waals surface area (Å²) in [5, 5.41) is 5.03. The fourth-order valence-corrected chi connectivity index (χ4v) is 11.9. The molecule has 2 nitrogen and oxygen atoms in total.